The van der Waals surface area contributed by atoms with Gasteiger partial charge in [-0.2, -0.15) is 0 Å². The third kappa shape index (κ3) is 4.33. The van der Waals surface area contributed by atoms with Crippen molar-refractivity contribution in [3.8, 4) is 0 Å². The maximum absolute atomic E-state index is 13.2. The van der Waals surface area contributed by atoms with Gasteiger partial charge in [-0.3, -0.25) is 19.5 Å². The van der Waals surface area contributed by atoms with E-state index in [2.05, 4.69) is 17.4 Å². The number of hydrogen-bond donors (Lipinski definition) is 1. The van der Waals surface area contributed by atoms with Gasteiger partial charge < -0.3 is 5.32 Å². The topological polar surface area (TPSA) is 61.8 Å². The fraction of sp³-hybridized carbons (Fsp3) is 0.269. The number of thiophene rings is 1. The van der Waals surface area contributed by atoms with Crippen molar-refractivity contribution in [2.24, 2.45) is 4.99 Å². The molecule has 0 bridgehead atoms. The van der Waals surface area contributed by atoms with E-state index in [0.29, 0.717) is 5.69 Å². The lowest BCUT2D eigenvalue weighted by Gasteiger charge is -2.20. The van der Waals surface area contributed by atoms with Crippen molar-refractivity contribution in [1.29, 1.82) is 0 Å². The van der Waals surface area contributed by atoms with Crippen molar-refractivity contribution in [3.63, 3.8) is 0 Å². The predicted molar refractivity (Wildman–Crippen MR) is 130 cm³/mol. The number of nitrogens with one attached hydrogen (secondary N) is 1. The monoisotopic (exact) mass is 461 g/mol. The molecular weight excluding hydrogens is 437 g/mol. The van der Waals surface area contributed by atoms with E-state index in [1.807, 2.05) is 19.1 Å². The average molecular weight is 462 g/mol. The molecule has 2 aliphatic rings. The molecule has 0 fully saturated rings. The summed E-state index contributed by atoms with van der Waals surface area (Å²) in [6.07, 6.45) is 4.17. The summed E-state index contributed by atoms with van der Waals surface area (Å²) in [4.78, 5) is 33.6. The molecule has 0 saturated heterocycles. The number of rotatable bonds is 4. The lowest BCUT2D eigenvalue weighted by molar-refractivity contribution is -0.120. The van der Waals surface area contributed by atoms with E-state index in [4.69, 9.17) is 4.99 Å². The number of anilines is 2. The number of carbonyl (C=O) groups is 2. The standard InChI is InChI=1S/C26H24FN3O2S/c1-16-6-8-17(9-7-16)25-24-20-4-2-3-5-21(20)33-26(24)30(23(32)14-28-25)15-22(31)29-19-12-10-18(27)11-13-19/h6-13H,2-5,14-15H2,1H3,(H,29,31). The summed E-state index contributed by atoms with van der Waals surface area (Å²) in [6, 6.07) is 13.8. The minimum absolute atomic E-state index is 0.0107. The zero-order valence-corrected chi connectivity index (χ0v) is 19.2. The zero-order chi connectivity index (χ0) is 22.9. The highest BCUT2D eigenvalue weighted by Crippen LogP contribution is 2.42. The van der Waals surface area contributed by atoms with Crippen molar-refractivity contribution >= 4 is 39.6 Å². The van der Waals surface area contributed by atoms with Gasteiger partial charge in [0.25, 0.3) is 0 Å². The summed E-state index contributed by atoms with van der Waals surface area (Å²) in [5.41, 5.74) is 5.73. The Morgan fingerprint density at radius 1 is 1.09 bits per heavy atom. The molecule has 1 N–H and O–H groups in total. The Morgan fingerprint density at radius 3 is 2.58 bits per heavy atom. The van der Waals surface area contributed by atoms with Crippen LogP contribution >= 0.6 is 11.3 Å². The number of halogens is 1. The summed E-state index contributed by atoms with van der Waals surface area (Å²) < 4.78 is 13.2. The number of nitrogens with zero attached hydrogens (tertiary/aromatic N) is 2. The van der Waals surface area contributed by atoms with Gasteiger partial charge in [0, 0.05) is 21.7 Å². The molecule has 1 aliphatic carbocycles. The van der Waals surface area contributed by atoms with Crippen LogP contribution in [0.1, 0.15) is 40.0 Å². The number of aryl methyl sites for hydroxylation is 2. The van der Waals surface area contributed by atoms with Crippen molar-refractivity contribution in [3.05, 3.63) is 81.5 Å². The van der Waals surface area contributed by atoms with E-state index in [9.17, 15) is 14.0 Å². The molecule has 0 saturated carbocycles. The van der Waals surface area contributed by atoms with Crippen molar-refractivity contribution in [1.82, 2.24) is 0 Å². The minimum atomic E-state index is -0.370. The number of carbonyl (C=O) groups excluding carboxylic acids is 2. The average Bonchev–Trinajstić information content (AvgIpc) is 3.13. The van der Waals surface area contributed by atoms with Crippen LogP contribution in [0.5, 0.6) is 0 Å². The quantitative estimate of drug-likeness (QED) is 0.601. The third-order valence-corrected chi connectivity index (χ3v) is 7.38. The van der Waals surface area contributed by atoms with Gasteiger partial charge >= 0.3 is 0 Å². The second-order valence-electron chi connectivity index (χ2n) is 8.46. The Morgan fingerprint density at radius 2 is 1.82 bits per heavy atom. The van der Waals surface area contributed by atoms with E-state index in [1.165, 1.54) is 34.7 Å². The van der Waals surface area contributed by atoms with Crippen LogP contribution in [-0.4, -0.2) is 30.6 Å². The van der Waals surface area contributed by atoms with Gasteiger partial charge in [0.15, 0.2) is 0 Å². The molecule has 0 atom stereocenters. The molecule has 1 aromatic heterocycles. The van der Waals surface area contributed by atoms with Gasteiger partial charge in [0.1, 0.15) is 23.9 Å². The first-order valence-corrected chi connectivity index (χ1v) is 11.9. The van der Waals surface area contributed by atoms with Crippen molar-refractivity contribution in [2.45, 2.75) is 32.6 Å². The highest BCUT2D eigenvalue weighted by molar-refractivity contribution is 7.17. The van der Waals surface area contributed by atoms with Crippen LogP contribution in [0.4, 0.5) is 15.1 Å². The normalized spacial score (nSPS) is 15.4. The third-order valence-electron chi connectivity index (χ3n) is 6.06. The smallest absolute Gasteiger partial charge is 0.249 e. The van der Waals surface area contributed by atoms with Gasteiger partial charge in [-0.1, -0.05) is 29.8 Å². The van der Waals surface area contributed by atoms with Crippen LogP contribution in [0, 0.1) is 12.7 Å². The largest absolute Gasteiger partial charge is 0.325 e. The summed E-state index contributed by atoms with van der Waals surface area (Å²) in [7, 11) is 0. The first-order valence-electron chi connectivity index (χ1n) is 11.1. The molecule has 168 valence electrons. The van der Waals surface area contributed by atoms with Crippen LogP contribution in [0.2, 0.25) is 0 Å². The number of fused-ring (bicyclic) bond motifs is 3. The van der Waals surface area contributed by atoms with Crippen molar-refractivity contribution < 1.29 is 14.0 Å². The van der Waals surface area contributed by atoms with Gasteiger partial charge in [-0.25, -0.2) is 4.39 Å². The zero-order valence-electron chi connectivity index (χ0n) is 18.4. The van der Waals surface area contributed by atoms with E-state index in [0.717, 1.165) is 53.1 Å². The summed E-state index contributed by atoms with van der Waals surface area (Å²) in [6.45, 7) is 1.92. The second kappa shape index (κ2) is 8.90. The second-order valence-corrected chi connectivity index (χ2v) is 9.54. The summed E-state index contributed by atoms with van der Waals surface area (Å²) in [5, 5.41) is 3.57. The molecule has 5 rings (SSSR count). The van der Waals surface area contributed by atoms with Gasteiger partial charge in [0.05, 0.1) is 5.71 Å². The van der Waals surface area contributed by atoms with Crippen molar-refractivity contribution in [2.75, 3.05) is 23.3 Å². The fourth-order valence-corrected chi connectivity index (χ4v) is 5.80. The van der Waals surface area contributed by atoms with E-state index < -0.39 is 0 Å². The first kappa shape index (κ1) is 21.5. The molecule has 0 spiro atoms. The van der Waals surface area contributed by atoms with Crippen LogP contribution in [0.15, 0.2) is 53.5 Å². The number of hydrogen-bond acceptors (Lipinski definition) is 4. The molecule has 2 aromatic carbocycles. The molecule has 0 unspecified atom stereocenters. The molecule has 1 aliphatic heterocycles. The van der Waals surface area contributed by atoms with Gasteiger partial charge in [0.2, 0.25) is 11.8 Å². The Hall–Kier alpha value is -3.32. The highest BCUT2D eigenvalue weighted by Gasteiger charge is 2.33. The molecule has 5 nitrogen and oxygen atoms in total. The molecule has 2 amide bonds. The van der Waals surface area contributed by atoms with E-state index >= 15 is 0 Å². The van der Waals surface area contributed by atoms with E-state index in [1.54, 1.807) is 16.2 Å². The van der Waals surface area contributed by atoms with Crippen LogP contribution < -0.4 is 10.2 Å². The fourth-order valence-electron chi connectivity index (χ4n) is 4.39. The van der Waals surface area contributed by atoms with Gasteiger partial charge in [-0.15, -0.1) is 11.3 Å². The van der Waals surface area contributed by atoms with E-state index in [-0.39, 0.29) is 30.7 Å². The highest BCUT2D eigenvalue weighted by atomic mass is 32.1. The Bertz CT molecular complexity index is 1250. The maximum Gasteiger partial charge on any atom is 0.249 e. The number of aliphatic imine (C=N–C) groups is 1. The maximum atomic E-state index is 13.2. The lowest BCUT2D eigenvalue weighted by atomic mass is 9.91. The first-order chi connectivity index (χ1) is 16.0. The molecule has 33 heavy (non-hydrogen) atoms. The summed E-state index contributed by atoms with van der Waals surface area (Å²) in [5.74, 6) is -0.900. The lowest BCUT2D eigenvalue weighted by Crippen LogP contribution is -2.38. The number of amides is 2. The Kier molecular flexibility index (Phi) is 5.81. The Labute approximate surface area is 196 Å². The number of benzene rings is 2. The molecular formula is C26H24FN3O2S. The van der Waals surface area contributed by atoms with Crippen LogP contribution in [0.25, 0.3) is 0 Å². The Balaban J connectivity index is 1.52. The molecule has 3 aromatic rings. The van der Waals surface area contributed by atoms with Crippen LogP contribution in [-0.2, 0) is 22.4 Å². The minimum Gasteiger partial charge on any atom is -0.325 e. The van der Waals surface area contributed by atoms with Gasteiger partial charge in [-0.05, 0) is 62.4 Å². The molecule has 0 radical (unpaired) electrons. The SMILES string of the molecule is Cc1ccc(C2=NCC(=O)N(CC(=O)Nc3ccc(F)cc3)c3sc4c(c32)CCCC4)cc1. The summed E-state index contributed by atoms with van der Waals surface area (Å²) >= 11 is 1.61. The molecule has 2 heterocycles. The predicted octanol–water partition coefficient (Wildman–Crippen LogP) is 4.90. The van der Waals surface area contributed by atoms with Crippen LogP contribution in [0.3, 0.4) is 0 Å². The molecule has 7 heteroatoms.